The predicted molar refractivity (Wildman–Crippen MR) is 87.7 cm³/mol. The van der Waals surface area contributed by atoms with Crippen molar-refractivity contribution in [1.82, 2.24) is 20.0 Å². The van der Waals surface area contributed by atoms with Crippen LogP contribution in [0.1, 0.15) is 23.2 Å². The summed E-state index contributed by atoms with van der Waals surface area (Å²) >= 11 is 0. The molecule has 4 rings (SSSR count). The van der Waals surface area contributed by atoms with Gasteiger partial charge in [-0.1, -0.05) is 0 Å². The molecule has 7 heteroatoms. The Hall–Kier alpha value is -1.44. The van der Waals surface area contributed by atoms with Crippen molar-refractivity contribution in [2.24, 2.45) is 18.9 Å². The number of carbonyl (C=O) groups is 1. The van der Waals surface area contributed by atoms with Gasteiger partial charge in [-0.25, -0.2) is 0 Å². The summed E-state index contributed by atoms with van der Waals surface area (Å²) < 4.78 is 13.2. The lowest BCUT2D eigenvalue weighted by Crippen LogP contribution is -2.49. The Balaban J connectivity index is 1.33. The minimum atomic E-state index is -0.0768. The van der Waals surface area contributed by atoms with E-state index < -0.39 is 0 Å². The summed E-state index contributed by atoms with van der Waals surface area (Å²) in [6, 6.07) is 0.567. The Labute approximate surface area is 142 Å². The molecule has 24 heavy (non-hydrogen) atoms. The molecule has 4 heterocycles. The van der Waals surface area contributed by atoms with Crippen LogP contribution in [0, 0.1) is 11.8 Å². The van der Waals surface area contributed by atoms with Crippen molar-refractivity contribution in [2.75, 3.05) is 39.5 Å². The smallest absolute Gasteiger partial charge is 0.254 e. The van der Waals surface area contributed by atoms with Crippen LogP contribution in [0.2, 0.25) is 0 Å². The van der Waals surface area contributed by atoms with Gasteiger partial charge in [0, 0.05) is 44.9 Å². The lowest BCUT2D eigenvalue weighted by atomic mass is 9.84. The normalized spacial score (nSPS) is 33.5. The Morgan fingerprint density at radius 1 is 1.42 bits per heavy atom. The molecule has 3 aliphatic heterocycles. The van der Waals surface area contributed by atoms with Crippen LogP contribution in [-0.2, 0) is 16.5 Å². The molecule has 0 bridgehead atoms. The van der Waals surface area contributed by atoms with Crippen molar-refractivity contribution in [3.8, 4) is 0 Å². The van der Waals surface area contributed by atoms with Crippen LogP contribution >= 0.6 is 0 Å². The summed E-state index contributed by atoms with van der Waals surface area (Å²) in [5.41, 5.74) is 0.598. The lowest BCUT2D eigenvalue weighted by molar-refractivity contribution is 0.0552. The summed E-state index contributed by atoms with van der Waals surface area (Å²) in [4.78, 5) is 14.8. The standard InChI is InChI=1S/C17H26N4O3/c1-20-8-13(6-19-20)17(22)18-7-16-15-9-21(14-3-5-23-11-14)4-2-12(15)10-24-16/h6,8,12,14-16H,2-5,7,9-11H2,1H3,(H,18,22)/t12-,14?,15-,16+/m1/s1. The number of piperidine rings is 1. The van der Waals surface area contributed by atoms with E-state index in [0.29, 0.717) is 30.0 Å². The van der Waals surface area contributed by atoms with Crippen molar-refractivity contribution in [3.05, 3.63) is 18.0 Å². The Bertz CT molecular complexity index is 584. The maximum Gasteiger partial charge on any atom is 0.254 e. The first-order valence-corrected chi connectivity index (χ1v) is 8.91. The van der Waals surface area contributed by atoms with Gasteiger partial charge in [0.2, 0.25) is 0 Å². The van der Waals surface area contributed by atoms with Crippen LogP contribution < -0.4 is 5.32 Å². The largest absolute Gasteiger partial charge is 0.380 e. The fourth-order valence-corrected chi connectivity index (χ4v) is 4.24. The molecule has 3 fully saturated rings. The van der Waals surface area contributed by atoms with Crippen LogP contribution in [0.4, 0.5) is 0 Å². The number of likely N-dealkylation sites (tertiary alicyclic amines) is 1. The fourth-order valence-electron chi connectivity index (χ4n) is 4.24. The third-order valence-corrected chi connectivity index (χ3v) is 5.69. The molecular formula is C17H26N4O3. The number of ether oxygens (including phenoxy) is 2. The van der Waals surface area contributed by atoms with E-state index in [9.17, 15) is 4.79 Å². The molecule has 3 aliphatic rings. The molecule has 0 aromatic carbocycles. The molecule has 0 spiro atoms. The second-order valence-corrected chi connectivity index (χ2v) is 7.21. The van der Waals surface area contributed by atoms with E-state index in [4.69, 9.17) is 9.47 Å². The molecule has 1 aromatic heterocycles. The summed E-state index contributed by atoms with van der Waals surface area (Å²) in [6.45, 7) is 5.35. The molecule has 1 unspecified atom stereocenters. The van der Waals surface area contributed by atoms with Gasteiger partial charge in [0.1, 0.15) is 0 Å². The molecule has 132 valence electrons. The number of aromatic nitrogens is 2. The first kappa shape index (κ1) is 16.1. The second kappa shape index (κ2) is 6.82. The highest BCUT2D eigenvalue weighted by Gasteiger charge is 2.42. The SMILES string of the molecule is Cn1cc(C(=O)NC[C@@H]2OC[C@H]3CCN(C4CCOC4)C[C@H]32)cn1. The summed E-state index contributed by atoms with van der Waals surface area (Å²) in [5, 5.41) is 7.05. The van der Waals surface area contributed by atoms with Gasteiger partial charge in [-0.3, -0.25) is 14.4 Å². The average molecular weight is 334 g/mol. The number of nitrogens with zero attached hydrogens (tertiary/aromatic N) is 3. The summed E-state index contributed by atoms with van der Waals surface area (Å²) in [7, 11) is 1.81. The van der Waals surface area contributed by atoms with Crippen LogP contribution in [0.25, 0.3) is 0 Å². The van der Waals surface area contributed by atoms with E-state index in [2.05, 4.69) is 15.3 Å². The zero-order chi connectivity index (χ0) is 16.5. The minimum Gasteiger partial charge on any atom is -0.380 e. The monoisotopic (exact) mass is 334 g/mol. The Kier molecular flexibility index (Phi) is 4.56. The van der Waals surface area contributed by atoms with Crippen LogP contribution in [0.3, 0.4) is 0 Å². The fraction of sp³-hybridized carbons (Fsp3) is 0.765. The molecular weight excluding hydrogens is 308 g/mol. The molecule has 4 atom stereocenters. The van der Waals surface area contributed by atoms with Gasteiger partial charge in [0.05, 0.1) is 31.1 Å². The number of carbonyl (C=O) groups excluding carboxylic acids is 1. The minimum absolute atomic E-state index is 0.0768. The van der Waals surface area contributed by atoms with Crippen molar-refractivity contribution in [3.63, 3.8) is 0 Å². The molecule has 0 saturated carbocycles. The molecule has 7 nitrogen and oxygen atoms in total. The van der Waals surface area contributed by atoms with Crippen molar-refractivity contribution in [2.45, 2.75) is 25.0 Å². The highest BCUT2D eigenvalue weighted by Crippen LogP contribution is 2.35. The number of rotatable bonds is 4. The van der Waals surface area contributed by atoms with Gasteiger partial charge < -0.3 is 14.8 Å². The maximum atomic E-state index is 12.2. The zero-order valence-corrected chi connectivity index (χ0v) is 14.2. The molecule has 1 N–H and O–H groups in total. The molecule has 0 aliphatic carbocycles. The number of hydrogen-bond donors (Lipinski definition) is 1. The molecule has 0 radical (unpaired) electrons. The zero-order valence-electron chi connectivity index (χ0n) is 14.2. The van der Waals surface area contributed by atoms with E-state index >= 15 is 0 Å². The summed E-state index contributed by atoms with van der Waals surface area (Å²) in [5.74, 6) is 1.06. The van der Waals surface area contributed by atoms with E-state index in [0.717, 1.165) is 39.3 Å². The maximum absolute atomic E-state index is 12.2. The lowest BCUT2D eigenvalue weighted by Gasteiger charge is -2.38. The van der Waals surface area contributed by atoms with E-state index in [1.165, 1.54) is 6.42 Å². The Morgan fingerprint density at radius 3 is 3.08 bits per heavy atom. The van der Waals surface area contributed by atoms with Crippen molar-refractivity contribution < 1.29 is 14.3 Å². The second-order valence-electron chi connectivity index (χ2n) is 7.21. The van der Waals surface area contributed by atoms with E-state index in [-0.39, 0.29) is 12.0 Å². The van der Waals surface area contributed by atoms with Gasteiger partial charge in [-0.15, -0.1) is 0 Å². The molecule has 1 aromatic rings. The number of nitrogens with one attached hydrogen (secondary N) is 1. The van der Waals surface area contributed by atoms with Crippen molar-refractivity contribution in [1.29, 1.82) is 0 Å². The van der Waals surface area contributed by atoms with Crippen LogP contribution in [0.5, 0.6) is 0 Å². The van der Waals surface area contributed by atoms with E-state index in [1.807, 2.05) is 7.05 Å². The van der Waals surface area contributed by atoms with Gasteiger partial charge in [-0.2, -0.15) is 5.10 Å². The van der Waals surface area contributed by atoms with Gasteiger partial charge in [0.15, 0.2) is 0 Å². The van der Waals surface area contributed by atoms with Gasteiger partial charge >= 0.3 is 0 Å². The predicted octanol–water partition coefficient (Wildman–Crippen LogP) is 0.276. The first-order chi connectivity index (χ1) is 11.7. The quantitative estimate of drug-likeness (QED) is 0.856. The molecule has 3 saturated heterocycles. The topological polar surface area (TPSA) is 68.6 Å². The average Bonchev–Trinajstić information content (AvgIpc) is 3.33. The number of amides is 1. The van der Waals surface area contributed by atoms with E-state index in [1.54, 1.807) is 17.1 Å². The van der Waals surface area contributed by atoms with Crippen LogP contribution in [0.15, 0.2) is 12.4 Å². The first-order valence-electron chi connectivity index (χ1n) is 8.91. The summed E-state index contributed by atoms with van der Waals surface area (Å²) in [6.07, 6.45) is 5.77. The molecule has 1 amide bonds. The van der Waals surface area contributed by atoms with Crippen molar-refractivity contribution >= 4 is 5.91 Å². The third-order valence-electron chi connectivity index (χ3n) is 5.69. The number of fused-ring (bicyclic) bond motifs is 1. The highest BCUT2D eigenvalue weighted by atomic mass is 16.5. The highest BCUT2D eigenvalue weighted by molar-refractivity contribution is 5.93. The van der Waals surface area contributed by atoms with Gasteiger partial charge in [-0.05, 0) is 25.3 Å². The van der Waals surface area contributed by atoms with Gasteiger partial charge in [0.25, 0.3) is 5.91 Å². The number of aryl methyl sites for hydroxylation is 1. The Morgan fingerprint density at radius 2 is 2.33 bits per heavy atom. The number of hydrogen-bond acceptors (Lipinski definition) is 5. The van der Waals surface area contributed by atoms with Crippen LogP contribution in [-0.4, -0.2) is 72.2 Å². The third kappa shape index (κ3) is 3.20.